The lowest BCUT2D eigenvalue weighted by Gasteiger charge is -2.34. The topological polar surface area (TPSA) is 41.6 Å². The van der Waals surface area contributed by atoms with Crippen molar-refractivity contribution in [1.29, 1.82) is 0 Å². The van der Waals surface area contributed by atoms with Crippen LogP contribution in [0.5, 0.6) is 0 Å². The number of carbonyl (C=O) groups is 1. The zero-order valence-electron chi connectivity index (χ0n) is 13.1. The number of amides is 1. The zero-order valence-corrected chi connectivity index (χ0v) is 13.9. The van der Waals surface area contributed by atoms with Gasteiger partial charge in [0.25, 0.3) is 5.91 Å². The van der Waals surface area contributed by atoms with Gasteiger partial charge in [0, 0.05) is 20.2 Å². The number of hydrogen-bond donors (Lipinski definition) is 1. The first-order valence-corrected chi connectivity index (χ1v) is 7.81. The molecule has 0 aliphatic carbocycles. The number of benzene rings is 1. The molecular formula is C17H25ClN2O2. The van der Waals surface area contributed by atoms with Gasteiger partial charge in [-0.05, 0) is 43.3 Å². The van der Waals surface area contributed by atoms with Crippen LogP contribution in [0, 0.1) is 5.41 Å². The van der Waals surface area contributed by atoms with E-state index in [4.69, 9.17) is 4.74 Å². The van der Waals surface area contributed by atoms with Gasteiger partial charge in [0.2, 0.25) is 0 Å². The van der Waals surface area contributed by atoms with E-state index < -0.39 is 6.10 Å². The number of hydrogen-bond acceptors (Lipinski definition) is 3. The normalized spacial score (nSPS) is 21.4. The first-order valence-electron chi connectivity index (χ1n) is 7.81. The van der Waals surface area contributed by atoms with E-state index in [2.05, 4.69) is 5.32 Å². The summed E-state index contributed by atoms with van der Waals surface area (Å²) in [6, 6.07) is 9.78. The summed E-state index contributed by atoms with van der Waals surface area (Å²) in [5.41, 5.74) is 1.28. The van der Waals surface area contributed by atoms with E-state index in [0.29, 0.717) is 5.41 Å². The molecular weight excluding hydrogens is 300 g/mol. The Morgan fingerprint density at radius 1 is 1.23 bits per heavy atom. The number of carbonyl (C=O) groups excluding carboxylic acids is 1. The van der Waals surface area contributed by atoms with Crippen molar-refractivity contribution in [2.75, 3.05) is 33.3 Å². The Labute approximate surface area is 138 Å². The molecule has 0 radical (unpaired) electrons. The van der Waals surface area contributed by atoms with Crippen LogP contribution in [0.25, 0.3) is 0 Å². The Hall–Kier alpha value is -1.10. The first-order chi connectivity index (χ1) is 10.2. The lowest BCUT2D eigenvalue weighted by atomic mass is 9.78. The van der Waals surface area contributed by atoms with Crippen molar-refractivity contribution in [3.05, 3.63) is 35.9 Å². The molecule has 1 N–H and O–H groups in total. The van der Waals surface area contributed by atoms with E-state index >= 15 is 0 Å². The zero-order chi connectivity index (χ0) is 14.7. The molecule has 0 aromatic heterocycles. The molecule has 2 heterocycles. The summed E-state index contributed by atoms with van der Waals surface area (Å²) >= 11 is 0. The molecule has 2 aliphatic rings. The first kappa shape index (κ1) is 17.3. The van der Waals surface area contributed by atoms with Crippen LogP contribution in [0.1, 0.15) is 30.9 Å². The van der Waals surface area contributed by atoms with Crippen molar-refractivity contribution in [1.82, 2.24) is 10.2 Å². The molecule has 1 amide bonds. The molecule has 0 saturated carbocycles. The molecule has 122 valence electrons. The third kappa shape index (κ3) is 3.45. The van der Waals surface area contributed by atoms with Gasteiger partial charge in [-0.2, -0.15) is 0 Å². The SMILES string of the molecule is COC(C(=O)N1CCC2(CCNCC2)C1)c1ccccc1.Cl. The number of nitrogens with zero attached hydrogens (tertiary/aromatic N) is 1. The number of likely N-dealkylation sites (tertiary alicyclic amines) is 1. The minimum absolute atomic E-state index is 0. The second kappa shape index (κ2) is 7.44. The average Bonchev–Trinajstić information content (AvgIpc) is 2.93. The molecule has 5 heteroatoms. The molecule has 2 fully saturated rings. The van der Waals surface area contributed by atoms with E-state index in [1.54, 1.807) is 7.11 Å². The van der Waals surface area contributed by atoms with E-state index in [1.165, 1.54) is 12.8 Å². The standard InChI is InChI=1S/C17H24N2O2.ClH/c1-21-15(14-5-3-2-4-6-14)16(20)19-12-9-17(13-19)7-10-18-11-8-17;/h2-6,15,18H,7-13H2,1H3;1H. The molecule has 1 aromatic carbocycles. The van der Waals surface area contributed by atoms with Gasteiger partial charge in [-0.3, -0.25) is 4.79 Å². The molecule has 3 rings (SSSR count). The molecule has 2 saturated heterocycles. The smallest absolute Gasteiger partial charge is 0.256 e. The van der Waals surface area contributed by atoms with Crippen molar-refractivity contribution in [2.45, 2.75) is 25.4 Å². The average molecular weight is 325 g/mol. The molecule has 4 nitrogen and oxygen atoms in total. The van der Waals surface area contributed by atoms with Gasteiger partial charge in [0.15, 0.2) is 6.10 Å². The second-order valence-corrected chi connectivity index (χ2v) is 6.29. The third-order valence-corrected chi connectivity index (χ3v) is 4.98. The van der Waals surface area contributed by atoms with Crippen molar-refractivity contribution in [3.8, 4) is 0 Å². The van der Waals surface area contributed by atoms with Crippen LogP contribution in [-0.4, -0.2) is 44.1 Å². The fraction of sp³-hybridized carbons (Fsp3) is 0.588. The third-order valence-electron chi connectivity index (χ3n) is 4.98. The number of ether oxygens (including phenoxy) is 1. The number of nitrogens with one attached hydrogen (secondary N) is 1. The summed E-state index contributed by atoms with van der Waals surface area (Å²) in [5, 5.41) is 3.41. The maximum atomic E-state index is 12.8. The van der Waals surface area contributed by atoms with Crippen LogP contribution in [-0.2, 0) is 9.53 Å². The van der Waals surface area contributed by atoms with Crippen molar-refractivity contribution in [2.24, 2.45) is 5.41 Å². The maximum absolute atomic E-state index is 12.8. The largest absolute Gasteiger partial charge is 0.367 e. The predicted molar refractivity (Wildman–Crippen MR) is 89.2 cm³/mol. The van der Waals surface area contributed by atoms with E-state index in [1.807, 2.05) is 35.2 Å². The Bertz CT molecular complexity index is 489. The summed E-state index contributed by atoms with van der Waals surface area (Å²) in [4.78, 5) is 14.8. The van der Waals surface area contributed by atoms with Crippen LogP contribution in [0.4, 0.5) is 0 Å². The molecule has 22 heavy (non-hydrogen) atoms. The number of piperidine rings is 1. The van der Waals surface area contributed by atoms with Gasteiger partial charge in [-0.15, -0.1) is 12.4 Å². The monoisotopic (exact) mass is 324 g/mol. The lowest BCUT2D eigenvalue weighted by molar-refractivity contribution is -0.141. The Morgan fingerprint density at radius 3 is 2.55 bits per heavy atom. The minimum atomic E-state index is -0.469. The fourth-order valence-electron chi connectivity index (χ4n) is 3.66. The van der Waals surface area contributed by atoms with E-state index in [9.17, 15) is 4.79 Å². The number of methoxy groups -OCH3 is 1. The summed E-state index contributed by atoms with van der Waals surface area (Å²) in [7, 11) is 1.62. The maximum Gasteiger partial charge on any atom is 0.256 e. The highest BCUT2D eigenvalue weighted by molar-refractivity contribution is 5.85. The van der Waals surface area contributed by atoms with Crippen molar-refractivity contribution < 1.29 is 9.53 Å². The highest BCUT2D eigenvalue weighted by atomic mass is 35.5. The molecule has 0 bridgehead atoms. The number of rotatable bonds is 3. The van der Waals surface area contributed by atoms with Crippen LogP contribution >= 0.6 is 12.4 Å². The van der Waals surface area contributed by atoms with E-state index in [-0.39, 0.29) is 18.3 Å². The second-order valence-electron chi connectivity index (χ2n) is 6.29. The Morgan fingerprint density at radius 2 is 1.91 bits per heavy atom. The summed E-state index contributed by atoms with van der Waals surface area (Å²) in [5.74, 6) is 0.110. The predicted octanol–water partition coefficient (Wildman–Crippen LogP) is 2.40. The summed E-state index contributed by atoms with van der Waals surface area (Å²) < 4.78 is 5.48. The van der Waals surface area contributed by atoms with Gasteiger partial charge >= 0.3 is 0 Å². The molecule has 1 spiro atoms. The van der Waals surface area contributed by atoms with Gasteiger partial charge in [-0.25, -0.2) is 0 Å². The molecule has 1 unspecified atom stereocenters. The van der Waals surface area contributed by atoms with Crippen LogP contribution in [0.3, 0.4) is 0 Å². The minimum Gasteiger partial charge on any atom is -0.367 e. The molecule has 2 aliphatic heterocycles. The Balaban J connectivity index is 0.00000176. The summed E-state index contributed by atoms with van der Waals surface area (Å²) in [6.07, 6.45) is 3.02. The highest BCUT2D eigenvalue weighted by Gasteiger charge is 2.42. The van der Waals surface area contributed by atoms with Crippen molar-refractivity contribution in [3.63, 3.8) is 0 Å². The van der Waals surface area contributed by atoms with E-state index in [0.717, 1.165) is 38.2 Å². The van der Waals surface area contributed by atoms with Crippen LogP contribution in [0.15, 0.2) is 30.3 Å². The lowest BCUT2D eigenvalue weighted by Crippen LogP contribution is -2.41. The fourth-order valence-corrected chi connectivity index (χ4v) is 3.66. The van der Waals surface area contributed by atoms with Gasteiger partial charge in [0.1, 0.15) is 0 Å². The summed E-state index contributed by atoms with van der Waals surface area (Å²) in [6.45, 7) is 3.91. The van der Waals surface area contributed by atoms with Gasteiger partial charge < -0.3 is 15.0 Å². The van der Waals surface area contributed by atoms with Crippen LogP contribution in [0.2, 0.25) is 0 Å². The molecule has 1 aromatic rings. The Kier molecular flexibility index (Phi) is 5.84. The van der Waals surface area contributed by atoms with Crippen molar-refractivity contribution >= 4 is 18.3 Å². The van der Waals surface area contributed by atoms with Gasteiger partial charge in [0.05, 0.1) is 0 Å². The van der Waals surface area contributed by atoms with Crippen LogP contribution < -0.4 is 5.32 Å². The highest BCUT2D eigenvalue weighted by Crippen LogP contribution is 2.39. The number of halogens is 1. The quantitative estimate of drug-likeness (QED) is 0.928. The van der Waals surface area contributed by atoms with Gasteiger partial charge in [-0.1, -0.05) is 30.3 Å². The molecule has 1 atom stereocenters.